The van der Waals surface area contributed by atoms with Crippen molar-refractivity contribution < 1.29 is 9.53 Å². The van der Waals surface area contributed by atoms with E-state index in [2.05, 4.69) is 5.32 Å². The van der Waals surface area contributed by atoms with Crippen molar-refractivity contribution in [3.63, 3.8) is 0 Å². The largest absolute Gasteiger partial charge is 0.494 e. The number of hydrogen-bond donors (Lipinski definition) is 1. The number of benzene rings is 2. The van der Waals surface area contributed by atoms with Gasteiger partial charge in [-0.2, -0.15) is 0 Å². The summed E-state index contributed by atoms with van der Waals surface area (Å²) in [6.45, 7) is 2.81. The van der Waals surface area contributed by atoms with Gasteiger partial charge in [0, 0.05) is 5.69 Å². The van der Waals surface area contributed by atoms with Crippen molar-refractivity contribution in [1.82, 2.24) is 0 Å². The van der Waals surface area contributed by atoms with Gasteiger partial charge in [0.1, 0.15) is 5.75 Å². The molecule has 0 saturated heterocycles. The third-order valence-corrected chi connectivity index (χ3v) is 5.27. The molecule has 1 N–H and O–H groups in total. The van der Waals surface area contributed by atoms with Gasteiger partial charge in [-0.3, -0.25) is 4.79 Å². The van der Waals surface area contributed by atoms with Gasteiger partial charge in [-0.25, -0.2) is 0 Å². The zero-order valence-electron chi connectivity index (χ0n) is 15.7. The van der Waals surface area contributed by atoms with Crippen LogP contribution in [0.2, 0.25) is 0 Å². The average Bonchev–Trinajstić information content (AvgIpc) is 2.66. The number of amides is 1. The quantitative estimate of drug-likeness (QED) is 0.713. The second-order valence-corrected chi connectivity index (χ2v) is 7.32. The molecule has 0 aromatic heterocycles. The normalized spacial score (nSPS) is 14.8. The van der Waals surface area contributed by atoms with Crippen molar-refractivity contribution in [2.45, 2.75) is 51.9 Å². The molecule has 0 bridgehead atoms. The Balaban J connectivity index is 1.43. The summed E-state index contributed by atoms with van der Waals surface area (Å²) >= 11 is 0. The Labute approximate surface area is 156 Å². The smallest absolute Gasteiger partial charge is 0.228 e. The standard InChI is InChI=1S/C23H29NO2/c1-18-7-5-6-10-20(18)17-23(25)24-21-11-13-22(14-12-21)26-16-15-19-8-3-2-4-9-19/h5-7,10-14,19H,2-4,8-9,15-17H2,1H3,(H,24,25). The summed E-state index contributed by atoms with van der Waals surface area (Å²) in [5.74, 6) is 1.71. The lowest BCUT2D eigenvalue weighted by molar-refractivity contribution is -0.115. The van der Waals surface area contributed by atoms with Crippen LogP contribution in [0.5, 0.6) is 5.75 Å². The van der Waals surface area contributed by atoms with E-state index in [0.29, 0.717) is 6.42 Å². The Morgan fingerprint density at radius 1 is 1.04 bits per heavy atom. The predicted molar refractivity (Wildman–Crippen MR) is 107 cm³/mol. The maximum atomic E-state index is 12.2. The lowest BCUT2D eigenvalue weighted by Gasteiger charge is -2.21. The van der Waals surface area contributed by atoms with E-state index in [9.17, 15) is 4.79 Å². The Bertz CT molecular complexity index is 702. The Hall–Kier alpha value is -2.29. The van der Waals surface area contributed by atoms with Gasteiger partial charge in [-0.05, 0) is 54.7 Å². The summed E-state index contributed by atoms with van der Waals surface area (Å²) in [5.41, 5.74) is 3.01. The van der Waals surface area contributed by atoms with Gasteiger partial charge in [0.2, 0.25) is 5.91 Å². The summed E-state index contributed by atoms with van der Waals surface area (Å²) in [7, 11) is 0. The van der Waals surface area contributed by atoms with Crippen molar-refractivity contribution in [1.29, 1.82) is 0 Å². The molecule has 0 aliphatic heterocycles. The van der Waals surface area contributed by atoms with Crippen molar-refractivity contribution in [2.75, 3.05) is 11.9 Å². The molecule has 3 rings (SSSR count). The van der Waals surface area contributed by atoms with Crippen LogP contribution < -0.4 is 10.1 Å². The second kappa shape index (κ2) is 9.42. The maximum absolute atomic E-state index is 12.2. The lowest BCUT2D eigenvalue weighted by Crippen LogP contribution is -2.15. The maximum Gasteiger partial charge on any atom is 0.228 e. The van der Waals surface area contributed by atoms with Crippen LogP contribution in [0.15, 0.2) is 48.5 Å². The molecule has 1 amide bonds. The molecule has 138 valence electrons. The van der Waals surface area contributed by atoms with Gasteiger partial charge in [0.25, 0.3) is 0 Å². The fraction of sp³-hybridized carbons (Fsp3) is 0.435. The van der Waals surface area contributed by atoms with Crippen LogP contribution in [0.3, 0.4) is 0 Å². The van der Waals surface area contributed by atoms with Crippen molar-refractivity contribution in [3.05, 3.63) is 59.7 Å². The van der Waals surface area contributed by atoms with Crippen LogP contribution in [0.4, 0.5) is 5.69 Å². The van der Waals surface area contributed by atoms with E-state index in [-0.39, 0.29) is 5.91 Å². The van der Waals surface area contributed by atoms with E-state index in [1.54, 1.807) is 0 Å². The first-order valence-electron chi connectivity index (χ1n) is 9.78. The molecule has 2 aromatic rings. The molecular weight excluding hydrogens is 322 g/mol. The van der Waals surface area contributed by atoms with E-state index in [4.69, 9.17) is 4.74 Å². The minimum Gasteiger partial charge on any atom is -0.494 e. The molecule has 26 heavy (non-hydrogen) atoms. The first-order valence-corrected chi connectivity index (χ1v) is 9.78. The van der Waals surface area contributed by atoms with Crippen LogP contribution >= 0.6 is 0 Å². The van der Waals surface area contributed by atoms with Gasteiger partial charge in [-0.1, -0.05) is 56.4 Å². The summed E-state index contributed by atoms with van der Waals surface area (Å²) in [6, 6.07) is 15.7. The molecule has 3 nitrogen and oxygen atoms in total. The highest BCUT2D eigenvalue weighted by molar-refractivity contribution is 5.92. The Morgan fingerprint density at radius 2 is 1.77 bits per heavy atom. The van der Waals surface area contributed by atoms with Crippen LogP contribution in [0, 0.1) is 12.8 Å². The first kappa shape index (κ1) is 18.5. The SMILES string of the molecule is Cc1ccccc1CC(=O)Nc1ccc(OCCC2CCCCC2)cc1. The lowest BCUT2D eigenvalue weighted by atomic mass is 9.87. The van der Waals surface area contributed by atoms with Crippen LogP contribution in [0.1, 0.15) is 49.7 Å². The molecule has 0 spiro atoms. The number of rotatable bonds is 7. The Kier molecular flexibility index (Phi) is 6.70. The summed E-state index contributed by atoms with van der Waals surface area (Å²) in [6.07, 6.45) is 8.41. The first-order chi connectivity index (χ1) is 12.7. The highest BCUT2D eigenvalue weighted by Crippen LogP contribution is 2.26. The fourth-order valence-corrected chi connectivity index (χ4v) is 3.64. The van der Waals surface area contributed by atoms with Gasteiger partial charge in [0.15, 0.2) is 0 Å². The third-order valence-electron chi connectivity index (χ3n) is 5.27. The summed E-state index contributed by atoms with van der Waals surface area (Å²) in [4.78, 5) is 12.2. The Morgan fingerprint density at radius 3 is 2.50 bits per heavy atom. The number of aryl methyl sites for hydroxylation is 1. The monoisotopic (exact) mass is 351 g/mol. The molecule has 3 heteroatoms. The molecule has 0 radical (unpaired) electrons. The van der Waals surface area contributed by atoms with Crippen molar-refractivity contribution in [2.24, 2.45) is 5.92 Å². The molecular formula is C23H29NO2. The minimum atomic E-state index is 0.00488. The van der Waals surface area contributed by atoms with E-state index in [1.807, 2.05) is 55.5 Å². The zero-order valence-corrected chi connectivity index (χ0v) is 15.7. The van der Waals surface area contributed by atoms with Crippen LogP contribution in [-0.2, 0) is 11.2 Å². The molecule has 0 heterocycles. The molecule has 1 fully saturated rings. The van der Waals surface area contributed by atoms with E-state index < -0.39 is 0 Å². The molecule has 1 saturated carbocycles. The summed E-state index contributed by atoms with van der Waals surface area (Å²) in [5, 5.41) is 2.96. The fourth-order valence-electron chi connectivity index (χ4n) is 3.64. The molecule has 1 aliphatic rings. The van der Waals surface area contributed by atoms with Crippen LogP contribution in [0.25, 0.3) is 0 Å². The number of nitrogens with one attached hydrogen (secondary N) is 1. The average molecular weight is 351 g/mol. The van der Waals surface area contributed by atoms with Gasteiger partial charge < -0.3 is 10.1 Å². The van der Waals surface area contributed by atoms with Crippen molar-refractivity contribution >= 4 is 11.6 Å². The van der Waals surface area contributed by atoms with E-state index in [1.165, 1.54) is 32.1 Å². The highest BCUT2D eigenvalue weighted by atomic mass is 16.5. The second-order valence-electron chi connectivity index (χ2n) is 7.32. The zero-order chi connectivity index (χ0) is 18.2. The predicted octanol–water partition coefficient (Wildman–Crippen LogP) is 5.53. The highest BCUT2D eigenvalue weighted by Gasteiger charge is 2.13. The number of carbonyl (C=O) groups is 1. The van der Waals surface area contributed by atoms with Gasteiger partial charge in [0.05, 0.1) is 13.0 Å². The summed E-state index contributed by atoms with van der Waals surface area (Å²) < 4.78 is 5.87. The van der Waals surface area contributed by atoms with Crippen LogP contribution in [-0.4, -0.2) is 12.5 Å². The number of ether oxygens (including phenoxy) is 1. The number of anilines is 1. The molecule has 1 aliphatic carbocycles. The van der Waals surface area contributed by atoms with E-state index in [0.717, 1.165) is 41.5 Å². The molecule has 0 atom stereocenters. The van der Waals surface area contributed by atoms with Gasteiger partial charge >= 0.3 is 0 Å². The number of carbonyl (C=O) groups excluding carboxylic acids is 1. The van der Waals surface area contributed by atoms with E-state index >= 15 is 0 Å². The third kappa shape index (κ3) is 5.62. The van der Waals surface area contributed by atoms with Crippen molar-refractivity contribution in [3.8, 4) is 5.75 Å². The topological polar surface area (TPSA) is 38.3 Å². The molecule has 2 aromatic carbocycles. The van der Waals surface area contributed by atoms with Gasteiger partial charge in [-0.15, -0.1) is 0 Å². The minimum absolute atomic E-state index is 0.00488. The number of hydrogen-bond acceptors (Lipinski definition) is 2. The molecule has 0 unspecified atom stereocenters.